The van der Waals surface area contributed by atoms with Crippen LogP contribution in [0.15, 0.2) is 35.3 Å². The zero-order valence-corrected chi connectivity index (χ0v) is 16.8. The number of fused-ring (bicyclic) bond motifs is 1. The monoisotopic (exact) mass is 452 g/mol. The normalized spacial score (nSPS) is 21.3. The molecule has 1 fully saturated rings. The Hall–Kier alpha value is -2.81. The van der Waals surface area contributed by atoms with Crippen molar-refractivity contribution in [3.8, 4) is 0 Å². The number of alkyl halides is 3. The Morgan fingerprint density at radius 2 is 2.03 bits per heavy atom. The maximum absolute atomic E-state index is 13.4. The minimum atomic E-state index is -4.64. The number of hydrogen-bond acceptors (Lipinski definition) is 5. The molecule has 0 bridgehead atoms. The van der Waals surface area contributed by atoms with Gasteiger partial charge in [-0.2, -0.15) is 13.2 Å². The predicted octanol–water partition coefficient (Wildman–Crippen LogP) is 4.56. The molecule has 0 spiro atoms. The minimum absolute atomic E-state index is 0.0778. The first-order chi connectivity index (χ1) is 14.7. The quantitative estimate of drug-likeness (QED) is 0.312. The first kappa shape index (κ1) is 21.4. The van der Waals surface area contributed by atoms with Crippen LogP contribution in [-0.4, -0.2) is 33.9 Å². The highest BCUT2D eigenvalue weighted by atomic mass is 35.5. The van der Waals surface area contributed by atoms with Gasteiger partial charge in [0.1, 0.15) is 17.2 Å². The summed E-state index contributed by atoms with van der Waals surface area (Å²) in [4.78, 5) is 21.4. The molecule has 31 heavy (non-hydrogen) atoms. The van der Waals surface area contributed by atoms with Crippen molar-refractivity contribution in [3.05, 3.63) is 69.2 Å². The van der Waals surface area contributed by atoms with Crippen molar-refractivity contribution in [3.63, 3.8) is 0 Å². The van der Waals surface area contributed by atoms with Crippen molar-refractivity contribution in [1.82, 2.24) is 14.9 Å². The summed E-state index contributed by atoms with van der Waals surface area (Å²) >= 11 is 5.90. The average molecular weight is 453 g/mol. The third-order valence-electron chi connectivity index (χ3n) is 5.73. The number of aldehydes is 1. The van der Waals surface area contributed by atoms with Crippen LogP contribution in [0.4, 0.5) is 17.6 Å². The number of aromatic nitrogens is 2. The van der Waals surface area contributed by atoms with Gasteiger partial charge in [-0.1, -0.05) is 17.7 Å². The van der Waals surface area contributed by atoms with Gasteiger partial charge in [-0.3, -0.25) is 4.79 Å². The number of carbonyl (C=O) groups excluding carboxylic acids is 1. The predicted molar refractivity (Wildman–Crippen MR) is 105 cm³/mol. The zero-order chi connectivity index (χ0) is 22.3. The molecule has 1 aromatic carbocycles. The second-order valence-corrected chi connectivity index (χ2v) is 7.94. The van der Waals surface area contributed by atoms with E-state index in [2.05, 4.69) is 9.97 Å². The van der Waals surface area contributed by atoms with Gasteiger partial charge in [0.2, 0.25) is 0 Å². The molecule has 2 aromatic rings. The number of carbonyl (C=O) groups is 1. The van der Waals surface area contributed by atoms with Crippen molar-refractivity contribution in [1.29, 1.82) is 5.41 Å². The standard InChI is InChI=1S/C21H17ClF4N4O/c22-17(9-31)19(7-27)30-4-3-13-18(8-30)28-10-29-20(13)15-6-14(15)12-2-1-11(23)5-16(12)21(24,25)26/h1-2,5,7,9-10,14-15,27H,3-4,6,8H2/b19-17-,27-7?. The van der Waals surface area contributed by atoms with Crippen LogP contribution in [0, 0.1) is 11.2 Å². The van der Waals surface area contributed by atoms with E-state index in [1.807, 2.05) is 0 Å². The van der Waals surface area contributed by atoms with Crippen LogP contribution in [0.5, 0.6) is 0 Å². The molecule has 1 aliphatic carbocycles. The molecule has 2 aliphatic rings. The third-order valence-corrected chi connectivity index (χ3v) is 6.01. The minimum Gasteiger partial charge on any atom is -0.363 e. The summed E-state index contributed by atoms with van der Waals surface area (Å²) in [6.45, 7) is 0.769. The van der Waals surface area contributed by atoms with Gasteiger partial charge in [0.15, 0.2) is 6.29 Å². The first-order valence-corrected chi connectivity index (χ1v) is 9.92. The summed E-state index contributed by atoms with van der Waals surface area (Å²) in [5.74, 6) is -1.52. The molecule has 0 saturated heterocycles. The maximum atomic E-state index is 13.4. The van der Waals surface area contributed by atoms with Crippen LogP contribution in [0.3, 0.4) is 0 Å². The van der Waals surface area contributed by atoms with E-state index in [0.29, 0.717) is 49.7 Å². The topological polar surface area (TPSA) is 69.9 Å². The van der Waals surface area contributed by atoms with E-state index in [-0.39, 0.29) is 22.2 Å². The largest absolute Gasteiger partial charge is 0.416 e. The molecule has 4 rings (SSSR count). The van der Waals surface area contributed by atoms with Gasteiger partial charge in [-0.25, -0.2) is 14.4 Å². The summed E-state index contributed by atoms with van der Waals surface area (Å²) in [7, 11) is 0. The smallest absolute Gasteiger partial charge is 0.363 e. The molecule has 1 N–H and O–H groups in total. The second-order valence-electron chi connectivity index (χ2n) is 7.53. The van der Waals surface area contributed by atoms with Crippen molar-refractivity contribution in [2.24, 2.45) is 0 Å². The maximum Gasteiger partial charge on any atom is 0.416 e. The molecular weight excluding hydrogens is 436 g/mol. The van der Waals surface area contributed by atoms with Gasteiger partial charge in [-0.05, 0) is 42.0 Å². The number of hydrogen-bond donors (Lipinski definition) is 1. The van der Waals surface area contributed by atoms with E-state index in [0.717, 1.165) is 17.8 Å². The van der Waals surface area contributed by atoms with E-state index in [1.54, 1.807) is 4.90 Å². The molecular formula is C21H17ClF4N4O. The van der Waals surface area contributed by atoms with E-state index >= 15 is 0 Å². The lowest BCUT2D eigenvalue weighted by Gasteiger charge is -2.31. The van der Waals surface area contributed by atoms with Gasteiger partial charge in [0.25, 0.3) is 0 Å². The number of benzene rings is 1. The molecule has 0 amide bonds. The molecule has 0 radical (unpaired) electrons. The molecule has 1 aromatic heterocycles. The summed E-state index contributed by atoms with van der Waals surface area (Å²) in [6, 6.07) is 2.80. The highest BCUT2D eigenvalue weighted by Crippen LogP contribution is 2.57. The number of rotatable bonds is 5. The Morgan fingerprint density at radius 3 is 2.71 bits per heavy atom. The van der Waals surface area contributed by atoms with Gasteiger partial charge >= 0.3 is 6.18 Å². The Balaban J connectivity index is 1.62. The number of nitrogens with one attached hydrogen (secondary N) is 1. The Morgan fingerprint density at radius 1 is 1.26 bits per heavy atom. The average Bonchev–Trinajstić information content (AvgIpc) is 3.53. The van der Waals surface area contributed by atoms with Crippen molar-refractivity contribution < 1.29 is 22.4 Å². The van der Waals surface area contributed by atoms with E-state index in [9.17, 15) is 22.4 Å². The zero-order valence-electron chi connectivity index (χ0n) is 16.1. The summed E-state index contributed by atoms with van der Waals surface area (Å²) in [5.41, 5.74) is 1.68. The van der Waals surface area contributed by atoms with E-state index < -0.39 is 23.5 Å². The Bertz CT molecular complexity index is 1090. The van der Waals surface area contributed by atoms with Crippen LogP contribution in [0.1, 0.15) is 46.3 Å². The highest BCUT2D eigenvalue weighted by Gasteiger charge is 2.47. The molecule has 5 nitrogen and oxygen atoms in total. The molecule has 1 aliphatic heterocycles. The lowest BCUT2D eigenvalue weighted by Crippen LogP contribution is -2.32. The third kappa shape index (κ3) is 4.06. The molecule has 10 heteroatoms. The fraction of sp³-hybridized carbons (Fsp3) is 0.333. The van der Waals surface area contributed by atoms with E-state index in [4.69, 9.17) is 17.0 Å². The number of allylic oxidation sites excluding steroid dienone is 2. The Kier molecular flexibility index (Phi) is 5.55. The van der Waals surface area contributed by atoms with Crippen molar-refractivity contribution >= 4 is 24.1 Å². The van der Waals surface area contributed by atoms with E-state index in [1.165, 1.54) is 12.4 Å². The lowest BCUT2D eigenvalue weighted by atomic mass is 9.96. The van der Waals surface area contributed by atoms with Crippen LogP contribution >= 0.6 is 11.6 Å². The first-order valence-electron chi connectivity index (χ1n) is 9.54. The fourth-order valence-corrected chi connectivity index (χ4v) is 4.39. The van der Waals surface area contributed by atoms with Crippen LogP contribution in [0.25, 0.3) is 0 Å². The SMILES string of the molecule is N=C/C(=C(/Cl)C=O)N1CCc2c(ncnc2C2CC2c2ccc(F)cc2C(F)(F)F)C1. The summed E-state index contributed by atoms with van der Waals surface area (Å²) in [6.07, 6.45) is -0.789. The lowest BCUT2D eigenvalue weighted by molar-refractivity contribution is -0.138. The molecule has 2 unspecified atom stereocenters. The van der Waals surface area contributed by atoms with Gasteiger partial charge in [0, 0.05) is 18.7 Å². The number of nitrogens with zero attached hydrogens (tertiary/aromatic N) is 3. The molecule has 162 valence electrons. The summed E-state index contributed by atoms with van der Waals surface area (Å²) < 4.78 is 53.7. The molecule has 2 heterocycles. The van der Waals surface area contributed by atoms with Crippen LogP contribution in [-0.2, 0) is 23.9 Å². The molecule has 2 atom stereocenters. The molecule has 1 saturated carbocycles. The van der Waals surface area contributed by atoms with Crippen LogP contribution < -0.4 is 0 Å². The Labute approximate surface area is 180 Å². The fourth-order valence-electron chi connectivity index (χ4n) is 4.21. The van der Waals surface area contributed by atoms with Gasteiger partial charge in [-0.15, -0.1) is 0 Å². The van der Waals surface area contributed by atoms with Crippen molar-refractivity contribution in [2.75, 3.05) is 6.54 Å². The van der Waals surface area contributed by atoms with Gasteiger partial charge < -0.3 is 10.3 Å². The highest BCUT2D eigenvalue weighted by molar-refractivity contribution is 6.40. The number of halogens is 5. The summed E-state index contributed by atoms with van der Waals surface area (Å²) in [5, 5.41) is 7.44. The van der Waals surface area contributed by atoms with Gasteiger partial charge in [0.05, 0.1) is 29.2 Å². The second kappa shape index (κ2) is 8.03. The van der Waals surface area contributed by atoms with Crippen LogP contribution in [0.2, 0.25) is 0 Å². The van der Waals surface area contributed by atoms with Crippen molar-refractivity contribution in [2.45, 2.75) is 37.4 Å².